The maximum absolute atomic E-state index is 9.39. The Hall–Kier alpha value is 0.0400. The molecule has 6 nitrogen and oxygen atoms in total. The van der Waals surface area contributed by atoms with Gasteiger partial charge in [0.1, 0.15) is 0 Å². The van der Waals surface area contributed by atoms with E-state index in [0.29, 0.717) is 0 Å². The van der Waals surface area contributed by atoms with Crippen molar-refractivity contribution < 1.29 is 23.2 Å². The molecule has 0 fully saturated rings. The monoisotopic (exact) mass is 189 g/mol. The van der Waals surface area contributed by atoms with Crippen LogP contribution in [-0.2, 0) is 13.4 Å². The summed E-state index contributed by atoms with van der Waals surface area (Å²) in [6.45, 7) is 0. The van der Waals surface area contributed by atoms with Crippen LogP contribution in [-0.4, -0.2) is 23.9 Å². The SMILES string of the molecule is CNC.O=[P+](O)O[P+](=O)O. The van der Waals surface area contributed by atoms with E-state index in [2.05, 4.69) is 9.63 Å². The zero-order valence-corrected chi connectivity index (χ0v) is 7.30. The van der Waals surface area contributed by atoms with Gasteiger partial charge in [-0.05, 0) is 14.1 Å². The molecule has 0 aliphatic heterocycles. The summed E-state index contributed by atoms with van der Waals surface area (Å²) in [5.41, 5.74) is 0. The summed E-state index contributed by atoms with van der Waals surface area (Å²) in [4.78, 5) is 15.3. The molecule has 0 aliphatic carbocycles. The van der Waals surface area contributed by atoms with Crippen molar-refractivity contribution in [2.24, 2.45) is 0 Å². The van der Waals surface area contributed by atoms with Gasteiger partial charge in [0.2, 0.25) is 0 Å². The molecule has 3 N–H and O–H groups in total. The summed E-state index contributed by atoms with van der Waals surface area (Å²) in [7, 11) is -2.10. The average molecular weight is 189 g/mol. The average Bonchev–Trinajstić information content (AvgIpc) is 1.62. The second-order valence-electron chi connectivity index (χ2n) is 1.06. The standard InChI is InChI=1S/C2H7N.O5P2/c1-3-2;1-6(2)5-7(3)4/h3H,1-2H3;/p+2. The molecule has 0 saturated heterocycles. The third kappa shape index (κ3) is 24.4. The van der Waals surface area contributed by atoms with Crippen molar-refractivity contribution in [1.29, 1.82) is 0 Å². The zero-order valence-electron chi connectivity index (χ0n) is 5.51. The molecule has 0 rings (SSSR count). The van der Waals surface area contributed by atoms with Gasteiger partial charge in [-0.2, -0.15) is 0 Å². The maximum atomic E-state index is 9.39. The largest absolute Gasteiger partial charge is 0.745 e. The first kappa shape index (κ1) is 12.7. The fraction of sp³-hybridized carbons (Fsp3) is 1.00. The smallest absolute Gasteiger partial charge is 0.323 e. The highest BCUT2D eigenvalue weighted by atomic mass is 31.2. The third-order valence-corrected chi connectivity index (χ3v) is 1.26. The van der Waals surface area contributed by atoms with E-state index in [1.807, 2.05) is 14.1 Å². The van der Waals surface area contributed by atoms with Gasteiger partial charge in [0.15, 0.2) is 4.31 Å². The van der Waals surface area contributed by atoms with Crippen molar-refractivity contribution in [2.75, 3.05) is 14.1 Å². The highest BCUT2D eigenvalue weighted by molar-refractivity contribution is 7.46. The van der Waals surface area contributed by atoms with Gasteiger partial charge in [0.05, 0.1) is 0 Å². The van der Waals surface area contributed by atoms with Crippen molar-refractivity contribution >= 4 is 16.5 Å². The van der Waals surface area contributed by atoms with Gasteiger partial charge in [-0.15, -0.1) is 9.79 Å². The van der Waals surface area contributed by atoms with Crippen LogP contribution in [0.2, 0.25) is 0 Å². The van der Waals surface area contributed by atoms with Crippen LogP contribution in [0.4, 0.5) is 0 Å². The van der Waals surface area contributed by atoms with Gasteiger partial charge in [0, 0.05) is 9.13 Å². The highest BCUT2D eigenvalue weighted by Crippen LogP contribution is 2.30. The van der Waals surface area contributed by atoms with Crippen LogP contribution in [0.25, 0.3) is 0 Å². The molecule has 2 atom stereocenters. The van der Waals surface area contributed by atoms with Crippen molar-refractivity contribution in [3.05, 3.63) is 0 Å². The molecule has 0 spiro atoms. The quantitative estimate of drug-likeness (QED) is 0.534. The fourth-order valence-electron chi connectivity index (χ4n) is 0.0598. The molecule has 0 heterocycles. The summed E-state index contributed by atoms with van der Waals surface area (Å²) in [5, 5.41) is 2.75. The van der Waals surface area contributed by atoms with Crippen molar-refractivity contribution in [3.8, 4) is 0 Å². The van der Waals surface area contributed by atoms with E-state index in [0.717, 1.165) is 0 Å². The minimum absolute atomic E-state index is 1.88. The van der Waals surface area contributed by atoms with Crippen LogP contribution in [0.1, 0.15) is 0 Å². The minimum Gasteiger partial charge on any atom is -0.323 e. The molecule has 60 valence electrons. The first-order valence-electron chi connectivity index (χ1n) is 2.13. The van der Waals surface area contributed by atoms with Crippen LogP contribution in [0.3, 0.4) is 0 Å². The Labute approximate surface area is 60.1 Å². The molecule has 8 heteroatoms. The summed E-state index contributed by atoms with van der Waals surface area (Å²) < 4.78 is 22.2. The lowest BCUT2D eigenvalue weighted by molar-refractivity contribution is 0.371. The van der Waals surface area contributed by atoms with Crippen molar-refractivity contribution in [1.82, 2.24) is 5.32 Å². The van der Waals surface area contributed by atoms with E-state index in [9.17, 15) is 9.13 Å². The molecule has 0 radical (unpaired) electrons. The fourth-order valence-corrected chi connectivity index (χ4v) is 0.538. The summed E-state index contributed by atoms with van der Waals surface area (Å²) >= 11 is 0. The maximum Gasteiger partial charge on any atom is 0.745 e. The first-order valence-corrected chi connectivity index (χ1v) is 4.39. The van der Waals surface area contributed by atoms with Crippen LogP contribution in [0, 0.1) is 0 Å². The van der Waals surface area contributed by atoms with E-state index in [1.54, 1.807) is 0 Å². The Morgan fingerprint density at radius 1 is 1.20 bits per heavy atom. The van der Waals surface area contributed by atoms with Crippen LogP contribution in [0.15, 0.2) is 0 Å². The lowest BCUT2D eigenvalue weighted by atomic mass is 11.3. The van der Waals surface area contributed by atoms with Gasteiger partial charge in [-0.1, -0.05) is 0 Å². The van der Waals surface area contributed by atoms with Gasteiger partial charge >= 0.3 is 16.5 Å². The summed E-state index contributed by atoms with van der Waals surface area (Å²) in [6, 6.07) is 0. The minimum atomic E-state index is -2.92. The Morgan fingerprint density at radius 3 is 1.40 bits per heavy atom. The highest BCUT2D eigenvalue weighted by Gasteiger charge is 2.31. The molecule has 0 bridgehead atoms. The number of nitrogens with one attached hydrogen (secondary N) is 1. The number of rotatable bonds is 2. The summed E-state index contributed by atoms with van der Waals surface area (Å²) in [5.74, 6) is 0. The van der Waals surface area contributed by atoms with Crippen LogP contribution < -0.4 is 5.32 Å². The second-order valence-corrected chi connectivity index (χ2v) is 2.66. The molecule has 10 heavy (non-hydrogen) atoms. The van der Waals surface area contributed by atoms with Gasteiger partial charge in [-0.3, -0.25) is 0 Å². The third-order valence-electron chi connectivity index (χ3n) is 0.140. The first-order chi connectivity index (χ1) is 4.54. The lowest BCUT2D eigenvalue weighted by Crippen LogP contribution is -1.89. The Bertz CT molecular complexity index is 104. The molecule has 0 saturated carbocycles. The van der Waals surface area contributed by atoms with Gasteiger partial charge in [0.25, 0.3) is 0 Å². The molecule has 0 aromatic rings. The van der Waals surface area contributed by atoms with E-state index in [-0.39, 0.29) is 0 Å². The Morgan fingerprint density at radius 2 is 1.40 bits per heavy atom. The van der Waals surface area contributed by atoms with Gasteiger partial charge in [-0.25, -0.2) is 0 Å². The molecule has 2 unspecified atom stereocenters. The molecule has 0 aromatic heterocycles. The predicted molar refractivity (Wildman–Crippen MR) is 35.7 cm³/mol. The van der Waals surface area contributed by atoms with Crippen molar-refractivity contribution in [2.45, 2.75) is 0 Å². The molecule has 0 aliphatic rings. The summed E-state index contributed by atoms with van der Waals surface area (Å²) in [6.07, 6.45) is 0. The topological polar surface area (TPSA) is 95.9 Å². The normalized spacial score (nSPS) is 11.2. The number of hydrogen-bond donors (Lipinski definition) is 3. The van der Waals surface area contributed by atoms with E-state index in [1.165, 1.54) is 0 Å². The Kier molecular flexibility index (Phi) is 11.5. The van der Waals surface area contributed by atoms with Gasteiger partial charge < -0.3 is 5.32 Å². The van der Waals surface area contributed by atoms with E-state index < -0.39 is 16.5 Å². The Balaban J connectivity index is 0. The van der Waals surface area contributed by atoms with E-state index in [4.69, 9.17) is 9.79 Å². The predicted octanol–water partition coefficient (Wildman–Crippen LogP) is 0.138. The van der Waals surface area contributed by atoms with Crippen LogP contribution in [0.5, 0.6) is 0 Å². The molecular formula is C2H9NO5P2+2. The number of hydrogen-bond acceptors (Lipinski definition) is 4. The second kappa shape index (κ2) is 9.04. The van der Waals surface area contributed by atoms with E-state index >= 15 is 0 Å². The van der Waals surface area contributed by atoms with Crippen LogP contribution >= 0.6 is 16.5 Å². The molecule has 0 amide bonds. The lowest BCUT2D eigenvalue weighted by Gasteiger charge is -1.59. The molecular weight excluding hydrogens is 180 g/mol. The van der Waals surface area contributed by atoms with Crippen molar-refractivity contribution in [3.63, 3.8) is 0 Å². The zero-order chi connectivity index (χ0) is 8.57. The molecule has 0 aromatic carbocycles.